The molecule has 0 unspecified atom stereocenters. The van der Waals surface area contributed by atoms with Crippen LogP contribution < -0.4 is 4.90 Å². The van der Waals surface area contributed by atoms with E-state index in [0.29, 0.717) is 6.54 Å². The molecule has 170 valence electrons. The van der Waals surface area contributed by atoms with Gasteiger partial charge < -0.3 is 14.7 Å². The number of hydrogen-bond acceptors (Lipinski definition) is 4. The van der Waals surface area contributed by atoms with Gasteiger partial charge in [-0.1, -0.05) is 32.0 Å². The number of likely N-dealkylation sites (N-methyl/N-ethyl adjacent to an activating group) is 1. The first kappa shape index (κ1) is 23.6. The zero-order valence-corrected chi connectivity index (χ0v) is 20.3. The molecular weight excluding hydrogens is 410 g/mol. The van der Waals surface area contributed by atoms with Gasteiger partial charge in [-0.25, -0.2) is 4.68 Å². The van der Waals surface area contributed by atoms with Crippen LogP contribution in [0.5, 0.6) is 0 Å². The van der Waals surface area contributed by atoms with Crippen molar-refractivity contribution >= 4 is 23.3 Å². The summed E-state index contributed by atoms with van der Waals surface area (Å²) in [6.45, 7) is 15.8. The van der Waals surface area contributed by atoms with E-state index in [-0.39, 0.29) is 11.9 Å². The summed E-state index contributed by atoms with van der Waals surface area (Å²) in [6, 6.07) is 10.4. The second kappa shape index (κ2) is 10.5. The number of nitrogens with zero attached hydrogens (tertiary/aromatic N) is 5. The summed E-state index contributed by atoms with van der Waals surface area (Å²) < 4.78 is 2.05. The third kappa shape index (κ3) is 5.24. The van der Waals surface area contributed by atoms with E-state index in [9.17, 15) is 4.79 Å². The van der Waals surface area contributed by atoms with Crippen molar-refractivity contribution in [1.82, 2.24) is 19.6 Å². The first-order valence-electron chi connectivity index (χ1n) is 11.4. The molecule has 1 aromatic heterocycles. The van der Waals surface area contributed by atoms with Gasteiger partial charge in [-0.3, -0.25) is 4.79 Å². The van der Waals surface area contributed by atoms with Gasteiger partial charge in [-0.15, -0.1) is 11.6 Å². The fraction of sp³-hybridized carbons (Fsp3) is 0.583. The Bertz CT molecular complexity index is 858. The van der Waals surface area contributed by atoms with E-state index in [1.807, 2.05) is 30.0 Å². The van der Waals surface area contributed by atoms with Crippen LogP contribution in [0.2, 0.25) is 0 Å². The molecule has 1 saturated heterocycles. The number of hydrogen-bond donors (Lipinski definition) is 0. The van der Waals surface area contributed by atoms with Gasteiger partial charge in [0.15, 0.2) is 0 Å². The average Bonchev–Trinajstić information content (AvgIpc) is 3.12. The maximum Gasteiger partial charge on any atom is 0.240 e. The fourth-order valence-electron chi connectivity index (χ4n) is 4.15. The molecule has 2 heterocycles. The number of benzene rings is 1. The molecule has 2 aromatic rings. The minimum atomic E-state index is -0.546. The topological polar surface area (TPSA) is 44.6 Å². The Morgan fingerprint density at radius 1 is 1.13 bits per heavy atom. The molecular formula is C24H36ClN5O. The standard InChI is InChI=1S/C24H36ClN5O/c1-6-18(3)29(24(31)19(4)25)17-22-20(5)26-30(21-11-9-8-10-12-21)23(22)28-15-13-27(7-2)14-16-28/h8-12,18-19H,6-7,13-17H2,1-5H3/t18-,19-/m1/s1. The van der Waals surface area contributed by atoms with E-state index in [2.05, 4.69) is 47.4 Å². The largest absolute Gasteiger partial charge is 0.354 e. The fourth-order valence-corrected chi connectivity index (χ4v) is 4.28. The van der Waals surface area contributed by atoms with Gasteiger partial charge in [-0.05, 0) is 45.9 Å². The molecule has 1 amide bonds. The quantitative estimate of drug-likeness (QED) is 0.574. The lowest BCUT2D eigenvalue weighted by Gasteiger charge is -2.37. The first-order chi connectivity index (χ1) is 14.9. The lowest BCUT2D eigenvalue weighted by Crippen LogP contribution is -2.47. The lowest BCUT2D eigenvalue weighted by atomic mass is 10.1. The molecule has 0 radical (unpaired) electrons. The molecule has 2 atom stereocenters. The molecule has 0 bridgehead atoms. The Balaban J connectivity index is 2.04. The summed E-state index contributed by atoms with van der Waals surface area (Å²) in [5.41, 5.74) is 3.11. The highest BCUT2D eigenvalue weighted by molar-refractivity contribution is 6.30. The Morgan fingerprint density at radius 2 is 1.77 bits per heavy atom. The molecule has 0 spiro atoms. The zero-order valence-electron chi connectivity index (χ0n) is 19.5. The number of halogens is 1. The number of alkyl halides is 1. The first-order valence-corrected chi connectivity index (χ1v) is 11.9. The zero-order chi connectivity index (χ0) is 22.5. The van der Waals surface area contributed by atoms with E-state index in [0.717, 1.165) is 61.9 Å². The van der Waals surface area contributed by atoms with Crippen LogP contribution in [0.3, 0.4) is 0 Å². The molecule has 0 aliphatic carbocycles. The average molecular weight is 446 g/mol. The van der Waals surface area contributed by atoms with E-state index in [1.165, 1.54) is 0 Å². The second-order valence-electron chi connectivity index (χ2n) is 8.40. The number of piperazine rings is 1. The minimum absolute atomic E-state index is 0.0235. The van der Waals surface area contributed by atoms with Crippen molar-refractivity contribution in [3.63, 3.8) is 0 Å². The summed E-state index contributed by atoms with van der Waals surface area (Å²) in [4.78, 5) is 19.8. The Kier molecular flexibility index (Phi) is 8.00. The predicted octanol–water partition coefficient (Wildman–Crippen LogP) is 4.08. The molecule has 6 nitrogen and oxygen atoms in total. The van der Waals surface area contributed by atoms with Crippen LogP contribution in [0.4, 0.5) is 5.82 Å². The van der Waals surface area contributed by atoms with E-state index in [4.69, 9.17) is 16.7 Å². The van der Waals surface area contributed by atoms with Crippen LogP contribution >= 0.6 is 11.6 Å². The molecule has 3 rings (SSSR count). The van der Waals surface area contributed by atoms with Crippen LogP contribution in [-0.2, 0) is 11.3 Å². The van der Waals surface area contributed by atoms with Crippen molar-refractivity contribution in [2.24, 2.45) is 0 Å². The summed E-state index contributed by atoms with van der Waals surface area (Å²) >= 11 is 6.22. The van der Waals surface area contributed by atoms with E-state index >= 15 is 0 Å². The van der Waals surface area contributed by atoms with Crippen molar-refractivity contribution in [3.8, 4) is 5.69 Å². The van der Waals surface area contributed by atoms with Crippen LogP contribution in [0.15, 0.2) is 30.3 Å². The molecule has 1 aromatic carbocycles. The van der Waals surface area contributed by atoms with Crippen LogP contribution in [0, 0.1) is 6.92 Å². The molecule has 31 heavy (non-hydrogen) atoms. The number of carbonyl (C=O) groups is 1. The van der Waals surface area contributed by atoms with E-state index in [1.54, 1.807) is 6.92 Å². The highest BCUT2D eigenvalue weighted by Gasteiger charge is 2.30. The third-order valence-electron chi connectivity index (χ3n) is 6.35. The highest BCUT2D eigenvalue weighted by atomic mass is 35.5. The van der Waals surface area contributed by atoms with Gasteiger partial charge in [0.25, 0.3) is 0 Å². The number of carbonyl (C=O) groups excluding carboxylic acids is 1. The molecule has 1 aliphatic heterocycles. The molecule has 1 aliphatic rings. The van der Waals surface area contributed by atoms with E-state index < -0.39 is 5.38 Å². The van der Waals surface area contributed by atoms with Gasteiger partial charge >= 0.3 is 0 Å². The Morgan fingerprint density at radius 3 is 2.32 bits per heavy atom. The normalized spacial score (nSPS) is 16.9. The maximum atomic E-state index is 13.0. The van der Waals surface area contributed by atoms with Crippen LogP contribution in [0.1, 0.15) is 45.4 Å². The van der Waals surface area contributed by atoms with Crippen molar-refractivity contribution in [2.45, 2.75) is 59.0 Å². The highest BCUT2D eigenvalue weighted by Crippen LogP contribution is 2.30. The summed E-state index contributed by atoms with van der Waals surface area (Å²) in [5.74, 6) is 1.08. The van der Waals surface area contributed by atoms with Gasteiger partial charge in [0.05, 0.1) is 17.9 Å². The number of rotatable bonds is 8. The van der Waals surface area contributed by atoms with Gasteiger partial charge in [-0.2, -0.15) is 5.10 Å². The SMILES string of the molecule is CC[C@@H](C)N(Cc1c(C)nn(-c2ccccc2)c1N1CCN(CC)CC1)C(=O)[C@@H](C)Cl. The van der Waals surface area contributed by atoms with Crippen molar-refractivity contribution in [1.29, 1.82) is 0 Å². The van der Waals surface area contributed by atoms with Gasteiger partial charge in [0, 0.05) is 37.8 Å². The summed E-state index contributed by atoms with van der Waals surface area (Å²) in [7, 11) is 0. The molecule has 1 fully saturated rings. The van der Waals surface area contributed by atoms with Crippen LogP contribution in [0.25, 0.3) is 5.69 Å². The number of aromatic nitrogens is 2. The van der Waals surface area contributed by atoms with Crippen molar-refractivity contribution in [3.05, 3.63) is 41.6 Å². The minimum Gasteiger partial charge on any atom is -0.354 e. The van der Waals surface area contributed by atoms with Crippen LogP contribution in [-0.4, -0.2) is 69.6 Å². The Labute approximate surface area is 191 Å². The second-order valence-corrected chi connectivity index (χ2v) is 9.05. The maximum absolute atomic E-state index is 13.0. The van der Waals surface area contributed by atoms with Gasteiger partial charge in [0.1, 0.15) is 11.2 Å². The molecule has 7 heteroatoms. The van der Waals surface area contributed by atoms with Gasteiger partial charge in [0.2, 0.25) is 5.91 Å². The third-order valence-corrected chi connectivity index (χ3v) is 6.54. The Hall–Kier alpha value is -2.05. The monoisotopic (exact) mass is 445 g/mol. The molecule has 0 N–H and O–H groups in total. The van der Waals surface area contributed by atoms with Crippen molar-refractivity contribution in [2.75, 3.05) is 37.6 Å². The molecule has 0 saturated carbocycles. The predicted molar refractivity (Wildman–Crippen MR) is 128 cm³/mol. The number of para-hydroxylation sites is 1. The lowest BCUT2D eigenvalue weighted by molar-refractivity contribution is -0.133. The summed E-state index contributed by atoms with van der Waals surface area (Å²) in [5, 5.41) is 4.38. The summed E-state index contributed by atoms with van der Waals surface area (Å²) in [6.07, 6.45) is 0.881. The van der Waals surface area contributed by atoms with Crippen molar-refractivity contribution < 1.29 is 4.79 Å². The smallest absolute Gasteiger partial charge is 0.240 e. The number of amides is 1. The number of aryl methyl sites for hydroxylation is 1. The number of anilines is 1.